The highest BCUT2D eigenvalue weighted by atomic mass is 16.7. The molecule has 0 heterocycles. The summed E-state index contributed by atoms with van der Waals surface area (Å²) < 4.78 is 5.10. The Morgan fingerprint density at radius 3 is 2.71 bits per heavy atom. The lowest BCUT2D eigenvalue weighted by Gasteiger charge is -2.16. The molecule has 1 fully saturated rings. The Balaban J connectivity index is 1.68. The zero-order valence-electron chi connectivity index (χ0n) is 9.96. The van der Waals surface area contributed by atoms with Crippen molar-refractivity contribution < 1.29 is 14.4 Å². The molecule has 1 aromatic carbocycles. The average molecular weight is 235 g/mol. The van der Waals surface area contributed by atoms with Gasteiger partial charge < -0.3 is 4.74 Å². The molecular formula is C13H17NO3. The Morgan fingerprint density at radius 1 is 1.35 bits per heavy atom. The molecule has 0 atom stereocenters. The fourth-order valence-corrected chi connectivity index (χ4v) is 1.36. The highest BCUT2D eigenvalue weighted by Gasteiger charge is 2.23. The molecule has 4 heteroatoms. The van der Waals surface area contributed by atoms with Gasteiger partial charge in [-0.05, 0) is 24.3 Å². The van der Waals surface area contributed by atoms with Crippen LogP contribution in [0.4, 0.5) is 4.79 Å². The van der Waals surface area contributed by atoms with E-state index in [9.17, 15) is 4.79 Å². The Labute approximate surface area is 101 Å². The highest BCUT2D eigenvalue weighted by molar-refractivity contribution is 5.65. The SMILES string of the molecule is CN(OCC1CC1)C(=O)OCc1ccccc1. The Bertz CT molecular complexity index is 362. The van der Waals surface area contributed by atoms with Gasteiger partial charge in [-0.3, -0.25) is 4.84 Å². The molecule has 1 saturated carbocycles. The Kier molecular flexibility index (Phi) is 3.98. The summed E-state index contributed by atoms with van der Waals surface area (Å²) in [5.74, 6) is 0.624. The van der Waals surface area contributed by atoms with E-state index in [1.807, 2.05) is 30.3 Å². The van der Waals surface area contributed by atoms with Gasteiger partial charge in [0.15, 0.2) is 0 Å². The third kappa shape index (κ3) is 4.07. The molecule has 1 aliphatic rings. The summed E-state index contributed by atoms with van der Waals surface area (Å²) in [5.41, 5.74) is 0.969. The molecule has 0 spiro atoms. The molecule has 1 aromatic rings. The maximum absolute atomic E-state index is 11.5. The molecule has 0 radical (unpaired) electrons. The highest BCUT2D eigenvalue weighted by Crippen LogP contribution is 2.28. The number of carbonyl (C=O) groups is 1. The lowest BCUT2D eigenvalue weighted by atomic mass is 10.2. The molecule has 17 heavy (non-hydrogen) atoms. The first kappa shape index (κ1) is 11.9. The van der Waals surface area contributed by atoms with Crippen molar-refractivity contribution in [1.29, 1.82) is 0 Å². The fourth-order valence-electron chi connectivity index (χ4n) is 1.36. The number of rotatable bonds is 5. The van der Waals surface area contributed by atoms with E-state index in [1.54, 1.807) is 7.05 Å². The third-order valence-corrected chi connectivity index (χ3v) is 2.66. The summed E-state index contributed by atoms with van der Waals surface area (Å²) in [5, 5.41) is 1.17. The summed E-state index contributed by atoms with van der Waals surface area (Å²) in [6.07, 6.45) is 1.95. The molecule has 0 aliphatic heterocycles. The topological polar surface area (TPSA) is 38.8 Å². The van der Waals surface area contributed by atoms with Gasteiger partial charge >= 0.3 is 6.09 Å². The molecular weight excluding hydrogens is 218 g/mol. The number of hydroxylamine groups is 2. The van der Waals surface area contributed by atoms with Gasteiger partial charge in [-0.15, -0.1) is 0 Å². The number of hydrogen-bond donors (Lipinski definition) is 0. The van der Waals surface area contributed by atoms with E-state index in [2.05, 4.69) is 0 Å². The van der Waals surface area contributed by atoms with Crippen LogP contribution in [0, 0.1) is 5.92 Å². The average Bonchev–Trinajstić information content (AvgIpc) is 3.18. The molecule has 1 aliphatic carbocycles. The van der Waals surface area contributed by atoms with Gasteiger partial charge in [-0.1, -0.05) is 30.3 Å². The maximum atomic E-state index is 11.5. The molecule has 0 saturated heterocycles. The van der Waals surface area contributed by atoms with E-state index in [0.29, 0.717) is 12.5 Å². The van der Waals surface area contributed by atoms with Crippen molar-refractivity contribution in [3.8, 4) is 0 Å². The third-order valence-electron chi connectivity index (χ3n) is 2.66. The largest absolute Gasteiger partial charge is 0.443 e. The second-order valence-electron chi connectivity index (χ2n) is 4.28. The van der Waals surface area contributed by atoms with E-state index in [-0.39, 0.29) is 6.61 Å². The standard InChI is InChI=1S/C13H17NO3/c1-14(17-10-12-7-8-12)13(15)16-9-11-5-3-2-4-6-11/h2-6,12H,7-10H2,1H3. The van der Waals surface area contributed by atoms with Crippen LogP contribution in [0.25, 0.3) is 0 Å². The van der Waals surface area contributed by atoms with Gasteiger partial charge in [0, 0.05) is 7.05 Å². The number of hydrogen-bond acceptors (Lipinski definition) is 3. The van der Waals surface area contributed by atoms with Gasteiger partial charge in [-0.2, -0.15) is 5.06 Å². The minimum Gasteiger partial charge on any atom is -0.443 e. The van der Waals surface area contributed by atoms with Crippen molar-refractivity contribution >= 4 is 6.09 Å². The summed E-state index contributed by atoms with van der Waals surface area (Å²) >= 11 is 0. The smallest absolute Gasteiger partial charge is 0.433 e. The number of nitrogens with zero attached hydrogens (tertiary/aromatic N) is 1. The van der Waals surface area contributed by atoms with Gasteiger partial charge in [-0.25, -0.2) is 4.79 Å². The maximum Gasteiger partial charge on any atom is 0.433 e. The molecule has 1 amide bonds. The van der Waals surface area contributed by atoms with Crippen LogP contribution >= 0.6 is 0 Å². The molecule has 92 valence electrons. The first-order valence-corrected chi connectivity index (χ1v) is 5.83. The number of amides is 1. The number of benzene rings is 1. The second kappa shape index (κ2) is 5.68. The van der Waals surface area contributed by atoms with Crippen LogP contribution in [-0.2, 0) is 16.2 Å². The van der Waals surface area contributed by atoms with E-state index in [4.69, 9.17) is 9.57 Å². The first-order valence-electron chi connectivity index (χ1n) is 5.83. The van der Waals surface area contributed by atoms with Crippen LogP contribution in [-0.4, -0.2) is 24.8 Å². The van der Waals surface area contributed by atoms with Crippen molar-refractivity contribution in [2.45, 2.75) is 19.4 Å². The van der Waals surface area contributed by atoms with Gasteiger partial charge in [0.2, 0.25) is 0 Å². The Hall–Kier alpha value is -1.55. The molecule has 2 rings (SSSR count). The van der Waals surface area contributed by atoms with E-state index >= 15 is 0 Å². The molecule has 0 aromatic heterocycles. The van der Waals surface area contributed by atoms with E-state index in [1.165, 1.54) is 17.9 Å². The van der Waals surface area contributed by atoms with Crippen LogP contribution in [0.5, 0.6) is 0 Å². The molecule has 4 nitrogen and oxygen atoms in total. The lowest BCUT2D eigenvalue weighted by Crippen LogP contribution is -2.28. The zero-order chi connectivity index (χ0) is 12.1. The van der Waals surface area contributed by atoms with Crippen LogP contribution in [0.15, 0.2) is 30.3 Å². The Morgan fingerprint density at radius 2 is 2.06 bits per heavy atom. The van der Waals surface area contributed by atoms with Gasteiger partial charge in [0.1, 0.15) is 6.61 Å². The molecule has 0 unspecified atom stereocenters. The van der Waals surface area contributed by atoms with Crippen LogP contribution in [0.3, 0.4) is 0 Å². The monoisotopic (exact) mass is 235 g/mol. The molecule has 0 N–H and O–H groups in total. The predicted molar refractivity (Wildman–Crippen MR) is 63.1 cm³/mol. The summed E-state index contributed by atoms with van der Waals surface area (Å²) in [7, 11) is 1.58. The van der Waals surface area contributed by atoms with E-state index in [0.717, 1.165) is 5.56 Å². The minimum absolute atomic E-state index is 0.275. The summed E-state index contributed by atoms with van der Waals surface area (Å²) in [4.78, 5) is 16.8. The second-order valence-corrected chi connectivity index (χ2v) is 4.28. The van der Waals surface area contributed by atoms with Crippen molar-refractivity contribution in [2.75, 3.05) is 13.7 Å². The number of ether oxygens (including phenoxy) is 1. The summed E-state index contributed by atoms with van der Waals surface area (Å²) in [6.45, 7) is 0.883. The normalized spacial score (nSPS) is 14.4. The first-order chi connectivity index (χ1) is 8.25. The van der Waals surface area contributed by atoms with Crippen molar-refractivity contribution in [1.82, 2.24) is 5.06 Å². The quantitative estimate of drug-likeness (QED) is 0.736. The van der Waals surface area contributed by atoms with Crippen molar-refractivity contribution in [2.24, 2.45) is 5.92 Å². The van der Waals surface area contributed by atoms with Gasteiger partial charge in [0.05, 0.1) is 6.61 Å². The fraction of sp³-hybridized carbons (Fsp3) is 0.462. The minimum atomic E-state index is -0.450. The lowest BCUT2D eigenvalue weighted by molar-refractivity contribution is -0.124. The van der Waals surface area contributed by atoms with Gasteiger partial charge in [0.25, 0.3) is 0 Å². The predicted octanol–water partition coefficient (Wildman–Crippen LogP) is 2.60. The van der Waals surface area contributed by atoms with Crippen LogP contribution in [0.2, 0.25) is 0 Å². The van der Waals surface area contributed by atoms with Crippen molar-refractivity contribution in [3.63, 3.8) is 0 Å². The van der Waals surface area contributed by atoms with Crippen molar-refractivity contribution in [3.05, 3.63) is 35.9 Å². The number of carbonyl (C=O) groups excluding carboxylic acids is 1. The zero-order valence-corrected chi connectivity index (χ0v) is 9.96. The van der Waals surface area contributed by atoms with E-state index < -0.39 is 6.09 Å². The molecule has 0 bridgehead atoms. The van der Waals surface area contributed by atoms with Crippen LogP contribution in [0.1, 0.15) is 18.4 Å². The summed E-state index contributed by atoms with van der Waals surface area (Å²) in [6, 6.07) is 9.58. The van der Waals surface area contributed by atoms with Crippen LogP contribution < -0.4 is 0 Å².